The first-order valence-corrected chi connectivity index (χ1v) is 12.4. The van der Waals surface area contributed by atoms with Crippen LogP contribution in [0.1, 0.15) is 28.8 Å². The highest BCUT2D eigenvalue weighted by atomic mass is 16.5. The molecule has 2 aromatic carbocycles. The zero-order chi connectivity index (χ0) is 24.6. The molecule has 2 aliphatic rings. The molecule has 35 heavy (non-hydrogen) atoms. The standard InChI is InChI=1S/C27H36N4O4/c1-29(20-23-9-10-26(32)28-23)19-21-5-3-8-25(17-21)35-16-15-30-11-13-31(14-12-30)27(33)22-6-4-7-24(18-22)34-2/h3-8,17-18,23H,9-16,19-20H2,1-2H3,(H,28,32)/t23-/m1/s1. The fraction of sp³-hybridized carbons (Fsp3) is 0.481. The normalized spacial score (nSPS) is 18.5. The van der Waals surface area contributed by atoms with Crippen molar-refractivity contribution in [1.29, 1.82) is 0 Å². The van der Waals surface area contributed by atoms with Crippen molar-refractivity contribution in [3.8, 4) is 11.5 Å². The first-order chi connectivity index (χ1) is 17.0. The maximum atomic E-state index is 12.8. The van der Waals surface area contributed by atoms with Gasteiger partial charge in [-0.2, -0.15) is 0 Å². The number of carbonyl (C=O) groups is 2. The SMILES string of the molecule is COc1cccc(C(=O)N2CCN(CCOc3cccc(CN(C)C[C@H]4CCC(=O)N4)c3)CC2)c1. The van der Waals surface area contributed by atoms with Crippen LogP contribution in [0.25, 0.3) is 0 Å². The Kier molecular flexibility index (Phi) is 8.60. The Hall–Kier alpha value is -3.10. The molecule has 0 aliphatic carbocycles. The second-order valence-corrected chi connectivity index (χ2v) is 9.36. The molecule has 2 fully saturated rings. The van der Waals surface area contributed by atoms with Gasteiger partial charge in [-0.25, -0.2) is 0 Å². The molecule has 0 saturated carbocycles. The van der Waals surface area contributed by atoms with Crippen LogP contribution in [0, 0.1) is 0 Å². The maximum Gasteiger partial charge on any atom is 0.254 e. The van der Waals surface area contributed by atoms with E-state index in [0.29, 0.717) is 37.4 Å². The van der Waals surface area contributed by atoms with Crippen LogP contribution in [-0.2, 0) is 11.3 Å². The Balaban J connectivity index is 1.17. The van der Waals surface area contributed by atoms with Crippen molar-refractivity contribution < 1.29 is 19.1 Å². The van der Waals surface area contributed by atoms with Crippen LogP contribution in [0.2, 0.25) is 0 Å². The average molecular weight is 481 g/mol. The van der Waals surface area contributed by atoms with Crippen LogP contribution in [0.15, 0.2) is 48.5 Å². The molecule has 8 heteroatoms. The number of benzene rings is 2. The quantitative estimate of drug-likeness (QED) is 0.562. The highest BCUT2D eigenvalue weighted by molar-refractivity contribution is 5.94. The number of rotatable bonds is 10. The minimum Gasteiger partial charge on any atom is -0.497 e. The van der Waals surface area contributed by atoms with E-state index >= 15 is 0 Å². The van der Waals surface area contributed by atoms with E-state index in [1.807, 2.05) is 35.2 Å². The van der Waals surface area contributed by atoms with Crippen LogP contribution in [0.5, 0.6) is 11.5 Å². The summed E-state index contributed by atoms with van der Waals surface area (Å²) in [6.07, 6.45) is 1.55. The van der Waals surface area contributed by atoms with E-state index in [1.54, 1.807) is 13.2 Å². The molecular formula is C27H36N4O4. The molecule has 188 valence electrons. The zero-order valence-corrected chi connectivity index (χ0v) is 20.7. The van der Waals surface area contributed by atoms with E-state index in [4.69, 9.17) is 9.47 Å². The van der Waals surface area contributed by atoms with Gasteiger partial charge in [-0.3, -0.25) is 14.5 Å². The van der Waals surface area contributed by atoms with Gasteiger partial charge >= 0.3 is 0 Å². The summed E-state index contributed by atoms with van der Waals surface area (Å²) in [7, 11) is 3.69. The van der Waals surface area contributed by atoms with Gasteiger partial charge in [0.2, 0.25) is 5.91 Å². The van der Waals surface area contributed by atoms with Crippen molar-refractivity contribution in [3.05, 3.63) is 59.7 Å². The molecule has 8 nitrogen and oxygen atoms in total. The second-order valence-electron chi connectivity index (χ2n) is 9.36. The monoisotopic (exact) mass is 480 g/mol. The Labute approximate surface area is 207 Å². The van der Waals surface area contributed by atoms with Crippen molar-refractivity contribution in [2.24, 2.45) is 0 Å². The molecule has 2 aliphatic heterocycles. The Morgan fingerprint density at radius 3 is 2.60 bits per heavy atom. The predicted octanol–water partition coefficient (Wildman–Crippen LogP) is 2.24. The molecule has 0 aromatic heterocycles. The van der Waals surface area contributed by atoms with Gasteiger partial charge in [0.1, 0.15) is 18.1 Å². The highest BCUT2D eigenvalue weighted by Gasteiger charge is 2.23. The highest BCUT2D eigenvalue weighted by Crippen LogP contribution is 2.17. The smallest absolute Gasteiger partial charge is 0.254 e. The van der Waals surface area contributed by atoms with Crippen molar-refractivity contribution in [2.75, 3.05) is 60.0 Å². The largest absolute Gasteiger partial charge is 0.497 e. The van der Waals surface area contributed by atoms with Gasteiger partial charge in [0.05, 0.1) is 7.11 Å². The lowest BCUT2D eigenvalue weighted by atomic mass is 10.1. The van der Waals surface area contributed by atoms with Crippen molar-refractivity contribution in [3.63, 3.8) is 0 Å². The molecule has 0 radical (unpaired) electrons. The van der Waals surface area contributed by atoms with E-state index in [-0.39, 0.29) is 17.9 Å². The summed E-state index contributed by atoms with van der Waals surface area (Å²) < 4.78 is 11.3. The summed E-state index contributed by atoms with van der Waals surface area (Å²) >= 11 is 0. The third kappa shape index (κ3) is 7.19. The second kappa shape index (κ2) is 12.0. The first-order valence-electron chi connectivity index (χ1n) is 12.4. The number of hydrogen-bond acceptors (Lipinski definition) is 6. The maximum absolute atomic E-state index is 12.8. The van der Waals surface area contributed by atoms with Gasteiger partial charge < -0.3 is 24.6 Å². The third-order valence-corrected chi connectivity index (χ3v) is 6.62. The number of ether oxygens (including phenoxy) is 2. The van der Waals surface area contributed by atoms with Crippen LogP contribution in [-0.4, -0.2) is 92.6 Å². The van der Waals surface area contributed by atoms with Crippen molar-refractivity contribution >= 4 is 11.8 Å². The zero-order valence-electron chi connectivity index (χ0n) is 20.7. The number of hydrogen-bond donors (Lipinski definition) is 1. The van der Waals surface area contributed by atoms with Gasteiger partial charge in [-0.15, -0.1) is 0 Å². The molecule has 2 heterocycles. The molecular weight excluding hydrogens is 444 g/mol. The van der Waals surface area contributed by atoms with E-state index in [9.17, 15) is 9.59 Å². The molecule has 0 bridgehead atoms. The number of carbonyl (C=O) groups excluding carboxylic acids is 2. The Morgan fingerprint density at radius 1 is 1.09 bits per heavy atom. The molecule has 0 spiro atoms. The first kappa shape index (κ1) is 25.0. The fourth-order valence-electron chi connectivity index (χ4n) is 4.71. The van der Waals surface area contributed by atoms with Gasteiger partial charge in [0, 0.05) is 63.8 Å². The van der Waals surface area contributed by atoms with Crippen LogP contribution >= 0.6 is 0 Å². The van der Waals surface area contributed by atoms with E-state index in [1.165, 1.54) is 5.56 Å². The molecule has 2 saturated heterocycles. The Morgan fingerprint density at radius 2 is 1.86 bits per heavy atom. The summed E-state index contributed by atoms with van der Waals surface area (Å²) in [5.74, 6) is 1.78. The lowest BCUT2D eigenvalue weighted by molar-refractivity contribution is -0.119. The van der Waals surface area contributed by atoms with Crippen LogP contribution < -0.4 is 14.8 Å². The summed E-state index contributed by atoms with van der Waals surface area (Å²) in [4.78, 5) is 30.7. The number of piperazine rings is 1. The summed E-state index contributed by atoms with van der Waals surface area (Å²) in [6, 6.07) is 15.8. The Bertz CT molecular complexity index is 1010. The van der Waals surface area contributed by atoms with Crippen molar-refractivity contribution in [1.82, 2.24) is 20.0 Å². The summed E-state index contributed by atoms with van der Waals surface area (Å²) in [6.45, 7) is 6.18. The average Bonchev–Trinajstić information content (AvgIpc) is 3.28. The minimum atomic E-state index is 0.0527. The number of nitrogens with one attached hydrogen (secondary N) is 1. The number of amides is 2. The number of methoxy groups -OCH3 is 1. The molecule has 0 unspecified atom stereocenters. The van der Waals surface area contributed by atoms with E-state index < -0.39 is 0 Å². The molecule has 1 N–H and O–H groups in total. The fourth-order valence-corrected chi connectivity index (χ4v) is 4.71. The number of nitrogens with zero attached hydrogens (tertiary/aromatic N) is 3. The van der Waals surface area contributed by atoms with Crippen LogP contribution in [0.3, 0.4) is 0 Å². The summed E-state index contributed by atoms with van der Waals surface area (Å²) in [5, 5.41) is 3.03. The lowest BCUT2D eigenvalue weighted by Crippen LogP contribution is -2.49. The molecule has 2 amide bonds. The van der Waals surface area contributed by atoms with Crippen molar-refractivity contribution in [2.45, 2.75) is 25.4 Å². The van der Waals surface area contributed by atoms with Crippen LogP contribution in [0.4, 0.5) is 0 Å². The predicted molar refractivity (Wildman–Crippen MR) is 135 cm³/mol. The minimum absolute atomic E-state index is 0.0527. The van der Waals surface area contributed by atoms with Gasteiger partial charge in [-0.1, -0.05) is 18.2 Å². The third-order valence-electron chi connectivity index (χ3n) is 6.62. The topological polar surface area (TPSA) is 74.4 Å². The number of likely N-dealkylation sites (N-methyl/N-ethyl adjacent to an activating group) is 1. The molecule has 4 rings (SSSR count). The van der Waals surface area contributed by atoms with Gasteiger partial charge in [-0.05, 0) is 49.4 Å². The lowest BCUT2D eigenvalue weighted by Gasteiger charge is -2.34. The van der Waals surface area contributed by atoms with E-state index in [2.05, 4.69) is 34.3 Å². The van der Waals surface area contributed by atoms with Gasteiger partial charge in [0.15, 0.2) is 0 Å². The molecule has 1 atom stereocenters. The van der Waals surface area contributed by atoms with Gasteiger partial charge in [0.25, 0.3) is 5.91 Å². The molecule has 2 aromatic rings. The van der Waals surface area contributed by atoms with E-state index in [0.717, 1.165) is 44.9 Å². The summed E-state index contributed by atoms with van der Waals surface area (Å²) in [5.41, 5.74) is 1.86.